The van der Waals surface area contributed by atoms with Crippen LogP contribution in [-0.2, 0) is 0 Å². The quantitative estimate of drug-likeness (QED) is 0.652. The number of benzene rings is 1. The lowest BCUT2D eigenvalue weighted by molar-refractivity contribution is -0.383. The lowest BCUT2D eigenvalue weighted by Crippen LogP contribution is -1.89. The fraction of sp³-hybridized carbons (Fsp3) is 0. The molecule has 0 aliphatic carbocycles. The molecule has 0 aliphatic heterocycles. The lowest BCUT2D eigenvalue weighted by atomic mass is 10.1. The highest BCUT2D eigenvalue weighted by Crippen LogP contribution is 2.40. The summed E-state index contributed by atoms with van der Waals surface area (Å²) in [5.74, 6) is 0. The van der Waals surface area contributed by atoms with Crippen molar-refractivity contribution < 1.29 is 4.92 Å². The predicted octanol–water partition coefficient (Wildman–Crippen LogP) is 4.55. The molecule has 7 heteroatoms. The molecule has 1 N–H and O–H groups in total. The molecule has 2 aromatic rings. The zero-order chi connectivity index (χ0) is 12.6. The van der Waals surface area contributed by atoms with Crippen LogP contribution < -0.4 is 0 Å². The van der Waals surface area contributed by atoms with E-state index < -0.39 is 4.92 Å². The van der Waals surface area contributed by atoms with Gasteiger partial charge in [0.15, 0.2) is 5.02 Å². The van der Waals surface area contributed by atoms with Crippen LogP contribution in [0.15, 0.2) is 24.3 Å². The summed E-state index contributed by atoms with van der Waals surface area (Å²) in [6.45, 7) is 0. The molecule has 0 bridgehead atoms. The molecule has 0 amide bonds. The van der Waals surface area contributed by atoms with Gasteiger partial charge in [0.25, 0.3) is 0 Å². The second kappa shape index (κ2) is 4.56. The SMILES string of the molecule is O=[N+]([O-])c1c(-c2ccc(Cl)cc2)[nH]c(Cl)c1Cl. The number of halogens is 3. The Hall–Kier alpha value is -1.23. The van der Waals surface area contributed by atoms with Crippen LogP contribution in [0.25, 0.3) is 11.3 Å². The second-order valence-corrected chi connectivity index (χ2v) is 4.43. The zero-order valence-electron chi connectivity index (χ0n) is 8.21. The van der Waals surface area contributed by atoms with Crippen molar-refractivity contribution in [1.82, 2.24) is 4.98 Å². The van der Waals surface area contributed by atoms with Gasteiger partial charge in [-0.25, -0.2) is 0 Å². The summed E-state index contributed by atoms with van der Waals surface area (Å²) in [5.41, 5.74) is 0.621. The van der Waals surface area contributed by atoms with Crippen LogP contribution in [0.1, 0.15) is 0 Å². The van der Waals surface area contributed by atoms with Gasteiger partial charge in [-0.15, -0.1) is 0 Å². The zero-order valence-corrected chi connectivity index (χ0v) is 10.5. The number of nitrogens with one attached hydrogen (secondary N) is 1. The topological polar surface area (TPSA) is 58.9 Å². The van der Waals surface area contributed by atoms with Crippen molar-refractivity contribution in [3.8, 4) is 11.3 Å². The Kier molecular flexibility index (Phi) is 3.28. The maximum Gasteiger partial charge on any atom is 0.314 e. The van der Waals surface area contributed by atoms with Gasteiger partial charge in [0.2, 0.25) is 0 Å². The molecule has 2 rings (SSSR count). The van der Waals surface area contributed by atoms with Crippen molar-refractivity contribution >= 4 is 40.5 Å². The average Bonchev–Trinajstić information content (AvgIpc) is 2.56. The summed E-state index contributed by atoms with van der Waals surface area (Å²) in [6, 6.07) is 6.55. The first-order valence-corrected chi connectivity index (χ1v) is 5.61. The fourth-order valence-corrected chi connectivity index (χ4v) is 1.96. The third-order valence-electron chi connectivity index (χ3n) is 2.19. The second-order valence-electron chi connectivity index (χ2n) is 3.24. The maximum atomic E-state index is 10.9. The number of aromatic amines is 1. The molecule has 17 heavy (non-hydrogen) atoms. The van der Waals surface area contributed by atoms with Gasteiger partial charge < -0.3 is 4.98 Å². The van der Waals surface area contributed by atoms with Crippen LogP contribution >= 0.6 is 34.8 Å². The molecule has 4 nitrogen and oxygen atoms in total. The molecule has 1 aromatic heterocycles. The first-order chi connectivity index (χ1) is 8.00. The molecule has 0 spiro atoms. The molecule has 88 valence electrons. The monoisotopic (exact) mass is 290 g/mol. The van der Waals surface area contributed by atoms with Gasteiger partial charge in [0.05, 0.1) is 4.92 Å². The van der Waals surface area contributed by atoms with E-state index in [1.807, 2.05) is 0 Å². The molecular weight excluding hydrogens is 286 g/mol. The van der Waals surface area contributed by atoms with Crippen LogP contribution in [0.4, 0.5) is 5.69 Å². The van der Waals surface area contributed by atoms with Crippen molar-refractivity contribution in [3.63, 3.8) is 0 Å². The Morgan fingerprint density at radius 1 is 1.12 bits per heavy atom. The lowest BCUT2D eigenvalue weighted by Gasteiger charge is -1.98. The van der Waals surface area contributed by atoms with Crippen molar-refractivity contribution in [2.75, 3.05) is 0 Å². The Labute approximate surface area is 111 Å². The number of H-pyrrole nitrogens is 1. The molecule has 1 aromatic carbocycles. The third kappa shape index (κ3) is 2.24. The van der Waals surface area contributed by atoms with E-state index >= 15 is 0 Å². The van der Waals surface area contributed by atoms with Crippen LogP contribution in [-0.4, -0.2) is 9.91 Å². The largest absolute Gasteiger partial charge is 0.339 e. The smallest absolute Gasteiger partial charge is 0.314 e. The maximum absolute atomic E-state index is 10.9. The summed E-state index contributed by atoms with van der Waals surface area (Å²) in [5, 5.41) is 11.4. The summed E-state index contributed by atoms with van der Waals surface area (Å²) in [6.07, 6.45) is 0. The van der Waals surface area contributed by atoms with Crippen LogP contribution in [0.5, 0.6) is 0 Å². The molecule has 0 saturated carbocycles. The van der Waals surface area contributed by atoms with E-state index in [1.165, 1.54) is 0 Å². The van der Waals surface area contributed by atoms with Gasteiger partial charge in [-0.1, -0.05) is 46.9 Å². The van der Waals surface area contributed by atoms with E-state index in [0.717, 1.165) is 0 Å². The molecule has 1 heterocycles. The number of aromatic nitrogens is 1. The fourth-order valence-electron chi connectivity index (χ4n) is 1.43. The third-order valence-corrected chi connectivity index (χ3v) is 3.19. The molecular formula is C10H5Cl3N2O2. The summed E-state index contributed by atoms with van der Waals surface area (Å²) in [7, 11) is 0. The van der Waals surface area contributed by atoms with Gasteiger partial charge >= 0.3 is 5.69 Å². The Bertz CT molecular complexity index is 578. The van der Waals surface area contributed by atoms with Gasteiger partial charge in [-0.3, -0.25) is 10.1 Å². The van der Waals surface area contributed by atoms with E-state index in [9.17, 15) is 10.1 Å². The number of nitrogens with zero attached hydrogens (tertiary/aromatic N) is 1. The molecule has 0 fully saturated rings. The molecule has 0 aliphatic rings. The number of rotatable bonds is 2. The summed E-state index contributed by atoms with van der Waals surface area (Å²) >= 11 is 17.2. The van der Waals surface area contributed by atoms with Crippen molar-refractivity contribution in [2.45, 2.75) is 0 Å². The number of hydrogen-bond acceptors (Lipinski definition) is 2. The minimum Gasteiger partial charge on any atom is -0.339 e. The van der Waals surface area contributed by atoms with Crippen molar-refractivity contribution in [2.24, 2.45) is 0 Å². The standard InChI is InChI=1S/C10H5Cl3N2O2/c11-6-3-1-5(2-4-6)8-9(15(16)17)7(12)10(13)14-8/h1-4,14H. The normalized spacial score (nSPS) is 10.5. The van der Waals surface area contributed by atoms with Crippen LogP contribution in [0.2, 0.25) is 15.2 Å². The number of hydrogen-bond donors (Lipinski definition) is 1. The van der Waals surface area contributed by atoms with E-state index in [4.69, 9.17) is 34.8 Å². The van der Waals surface area contributed by atoms with Crippen molar-refractivity contribution in [3.05, 3.63) is 49.6 Å². The van der Waals surface area contributed by atoms with Crippen molar-refractivity contribution in [1.29, 1.82) is 0 Å². The summed E-state index contributed by atoms with van der Waals surface area (Å²) in [4.78, 5) is 13.0. The highest BCUT2D eigenvalue weighted by molar-refractivity contribution is 6.43. The Morgan fingerprint density at radius 2 is 1.71 bits per heavy atom. The van der Waals surface area contributed by atoms with Crippen LogP contribution in [0, 0.1) is 10.1 Å². The van der Waals surface area contributed by atoms with E-state index in [1.54, 1.807) is 24.3 Å². The summed E-state index contributed by atoms with van der Waals surface area (Å²) < 4.78 is 0. The highest BCUT2D eigenvalue weighted by Gasteiger charge is 2.25. The predicted molar refractivity (Wildman–Crippen MR) is 67.9 cm³/mol. The van der Waals surface area contributed by atoms with Gasteiger partial charge in [0.1, 0.15) is 10.8 Å². The van der Waals surface area contributed by atoms with Gasteiger partial charge in [0, 0.05) is 10.6 Å². The molecule has 0 saturated heterocycles. The van der Waals surface area contributed by atoms with E-state index in [0.29, 0.717) is 10.6 Å². The van der Waals surface area contributed by atoms with Gasteiger partial charge in [-0.2, -0.15) is 0 Å². The molecule has 0 unspecified atom stereocenters. The minimum atomic E-state index is -0.575. The van der Waals surface area contributed by atoms with Gasteiger partial charge in [-0.05, 0) is 12.1 Å². The minimum absolute atomic E-state index is 0.0447. The van der Waals surface area contributed by atoms with Crippen LogP contribution in [0.3, 0.4) is 0 Å². The Morgan fingerprint density at radius 3 is 2.24 bits per heavy atom. The first kappa shape index (κ1) is 12.2. The molecule has 0 atom stereocenters. The molecule has 0 radical (unpaired) electrons. The number of nitro groups is 1. The van der Waals surface area contributed by atoms with E-state index in [2.05, 4.69) is 4.98 Å². The highest BCUT2D eigenvalue weighted by atomic mass is 35.5. The van der Waals surface area contributed by atoms with E-state index in [-0.39, 0.29) is 21.6 Å². The Balaban J connectivity index is 2.63. The average molecular weight is 292 g/mol. The first-order valence-electron chi connectivity index (χ1n) is 4.48.